The standard InChI is InChI=1S/C34H49N3O14/c1-44-30(40)24-51-23-22-50-21-20-49-19-18-48-17-16-47-15-14-46-13-12-45-11-4-2-3-8-28(38)35-26-7-5-6-25-31(26)34(43)37(33(25)42)27-9-10-29(39)36-32(27)41/h5-7,27H,2-4,8-24H2,1H3,(H,35,38)(H,36,39,41). The van der Waals surface area contributed by atoms with Gasteiger partial charge in [0.05, 0.1) is 103 Å². The topological polar surface area (TPSA) is 204 Å². The van der Waals surface area contributed by atoms with E-state index in [-0.39, 0.29) is 48.6 Å². The zero-order chi connectivity index (χ0) is 36.7. The highest BCUT2D eigenvalue weighted by Crippen LogP contribution is 2.32. The predicted molar refractivity (Wildman–Crippen MR) is 178 cm³/mol. The van der Waals surface area contributed by atoms with Gasteiger partial charge in [0.2, 0.25) is 17.7 Å². The number of ether oxygens (including phenoxy) is 8. The number of hydrogen-bond acceptors (Lipinski definition) is 14. The number of carbonyl (C=O) groups is 6. The van der Waals surface area contributed by atoms with Gasteiger partial charge in [0.15, 0.2) is 0 Å². The van der Waals surface area contributed by atoms with Crippen LogP contribution in [0.5, 0.6) is 0 Å². The quantitative estimate of drug-likeness (QED) is 0.0700. The van der Waals surface area contributed by atoms with E-state index in [0.29, 0.717) is 92.3 Å². The number of imide groups is 2. The number of anilines is 1. The van der Waals surface area contributed by atoms with Gasteiger partial charge in [-0.3, -0.25) is 34.2 Å². The first-order valence-corrected chi connectivity index (χ1v) is 17.1. The molecule has 1 aromatic carbocycles. The Hall–Kier alpha value is -3.84. The van der Waals surface area contributed by atoms with E-state index in [1.807, 2.05) is 0 Å². The predicted octanol–water partition coefficient (Wildman–Crippen LogP) is 0.876. The van der Waals surface area contributed by atoms with E-state index in [1.165, 1.54) is 13.2 Å². The maximum atomic E-state index is 13.2. The van der Waals surface area contributed by atoms with Crippen LogP contribution >= 0.6 is 0 Å². The number of fused-ring (bicyclic) bond motifs is 1. The van der Waals surface area contributed by atoms with Crippen molar-refractivity contribution in [2.75, 3.05) is 105 Å². The lowest BCUT2D eigenvalue weighted by atomic mass is 10.0. The Balaban J connectivity index is 1.09. The van der Waals surface area contributed by atoms with Crippen LogP contribution < -0.4 is 10.6 Å². The fraction of sp³-hybridized carbons (Fsp3) is 0.647. The highest BCUT2D eigenvalue weighted by atomic mass is 16.6. The van der Waals surface area contributed by atoms with Gasteiger partial charge < -0.3 is 43.2 Å². The van der Waals surface area contributed by atoms with Crippen LogP contribution in [0.25, 0.3) is 0 Å². The minimum atomic E-state index is -1.07. The summed E-state index contributed by atoms with van der Waals surface area (Å²) >= 11 is 0. The lowest BCUT2D eigenvalue weighted by Gasteiger charge is -2.27. The van der Waals surface area contributed by atoms with E-state index in [4.69, 9.17) is 33.2 Å². The molecule has 51 heavy (non-hydrogen) atoms. The van der Waals surface area contributed by atoms with Crippen molar-refractivity contribution in [1.29, 1.82) is 0 Å². The molecular formula is C34H49N3O14. The Morgan fingerprint density at radius 3 is 1.82 bits per heavy atom. The minimum Gasteiger partial charge on any atom is -0.467 e. The minimum absolute atomic E-state index is 0.0267. The van der Waals surface area contributed by atoms with E-state index in [0.717, 1.165) is 17.7 Å². The van der Waals surface area contributed by atoms with Crippen LogP contribution in [-0.4, -0.2) is 146 Å². The van der Waals surface area contributed by atoms with E-state index in [9.17, 15) is 28.8 Å². The van der Waals surface area contributed by atoms with Crippen molar-refractivity contribution in [3.05, 3.63) is 29.3 Å². The van der Waals surface area contributed by atoms with E-state index in [1.54, 1.807) is 12.1 Å². The summed E-state index contributed by atoms with van der Waals surface area (Å²) in [7, 11) is 1.30. The molecule has 1 unspecified atom stereocenters. The average molecular weight is 724 g/mol. The molecule has 1 atom stereocenters. The van der Waals surface area contributed by atoms with Crippen LogP contribution in [0.15, 0.2) is 18.2 Å². The third-order valence-electron chi connectivity index (χ3n) is 7.61. The SMILES string of the molecule is COC(=O)COCCOCCOCCOCCOCCOCCOCCCCCC(=O)Nc1cccc2c1C(=O)N(C1CCC(=O)NC1=O)C2=O. The molecule has 2 heterocycles. The third-order valence-corrected chi connectivity index (χ3v) is 7.61. The van der Waals surface area contributed by atoms with Crippen LogP contribution in [0.1, 0.15) is 59.2 Å². The molecule has 1 aromatic rings. The molecule has 0 aliphatic carbocycles. The summed E-state index contributed by atoms with van der Waals surface area (Å²) in [6.07, 6.45) is 2.43. The van der Waals surface area contributed by atoms with E-state index < -0.39 is 35.6 Å². The summed E-state index contributed by atoms with van der Waals surface area (Å²) in [6, 6.07) is 3.51. The number of rotatable bonds is 28. The number of nitrogens with zero attached hydrogens (tertiary/aromatic N) is 1. The van der Waals surface area contributed by atoms with Gasteiger partial charge in [-0.25, -0.2) is 4.79 Å². The molecule has 1 fully saturated rings. The number of methoxy groups -OCH3 is 1. The van der Waals surface area contributed by atoms with E-state index in [2.05, 4.69) is 15.4 Å². The van der Waals surface area contributed by atoms with Crippen molar-refractivity contribution in [1.82, 2.24) is 10.2 Å². The molecule has 1 saturated heterocycles. The van der Waals surface area contributed by atoms with Gasteiger partial charge in [0, 0.05) is 19.4 Å². The summed E-state index contributed by atoms with van der Waals surface area (Å²) < 4.78 is 42.2. The van der Waals surface area contributed by atoms with E-state index >= 15 is 0 Å². The highest BCUT2D eigenvalue weighted by molar-refractivity contribution is 6.26. The molecule has 0 radical (unpaired) electrons. The maximum absolute atomic E-state index is 13.2. The number of carbonyl (C=O) groups excluding carboxylic acids is 6. The second-order valence-electron chi connectivity index (χ2n) is 11.3. The summed E-state index contributed by atoms with van der Waals surface area (Å²) in [4.78, 5) is 74.3. The number of piperidine rings is 1. The summed E-state index contributed by atoms with van der Waals surface area (Å²) in [6.45, 7) is 5.51. The van der Waals surface area contributed by atoms with Gasteiger partial charge in [0.25, 0.3) is 11.8 Å². The molecule has 2 aliphatic heterocycles. The Morgan fingerprint density at radius 1 is 0.725 bits per heavy atom. The molecular weight excluding hydrogens is 674 g/mol. The van der Waals surface area contributed by atoms with Gasteiger partial charge in [-0.15, -0.1) is 0 Å². The van der Waals surface area contributed by atoms with Crippen molar-refractivity contribution in [2.45, 2.75) is 44.6 Å². The van der Waals surface area contributed by atoms with Gasteiger partial charge >= 0.3 is 5.97 Å². The van der Waals surface area contributed by atoms with Crippen molar-refractivity contribution in [3.8, 4) is 0 Å². The molecule has 5 amide bonds. The Labute approximate surface area is 296 Å². The number of amides is 5. The van der Waals surface area contributed by atoms with Crippen molar-refractivity contribution in [2.24, 2.45) is 0 Å². The summed E-state index contributed by atoms with van der Waals surface area (Å²) in [5, 5.41) is 4.89. The van der Waals surface area contributed by atoms with Crippen LogP contribution in [0.4, 0.5) is 5.69 Å². The van der Waals surface area contributed by atoms with Crippen molar-refractivity contribution < 1.29 is 66.7 Å². The molecule has 17 heteroatoms. The van der Waals surface area contributed by atoms with Crippen LogP contribution in [0.3, 0.4) is 0 Å². The monoisotopic (exact) mass is 723 g/mol. The average Bonchev–Trinajstić information content (AvgIpc) is 3.37. The Morgan fingerprint density at radius 2 is 1.27 bits per heavy atom. The zero-order valence-corrected chi connectivity index (χ0v) is 29.1. The molecule has 284 valence electrons. The Kier molecular flexibility index (Phi) is 19.9. The third kappa shape index (κ3) is 15.1. The molecule has 0 bridgehead atoms. The van der Waals surface area contributed by atoms with Gasteiger partial charge in [0.1, 0.15) is 12.6 Å². The first-order valence-electron chi connectivity index (χ1n) is 17.1. The fourth-order valence-corrected chi connectivity index (χ4v) is 5.03. The molecule has 17 nitrogen and oxygen atoms in total. The smallest absolute Gasteiger partial charge is 0.331 e. The first kappa shape index (κ1) is 41.6. The highest BCUT2D eigenvalue weighted by Gasteiger charge is 2.45. The summed E-state index contributed by atoms with van der Waals surface area (Å²) in [5.74, 6) is -3.15. The summed E-state index contributed by atoms with van der Waals surface area (Å²) in [5.41, 5.74) is 0.373. The van der Waals surface area contributed by atoms with Crippen LogP contribution in [0.2, 0.25) is 0 Å². The molecule has 0 saturated carbocycles. The van der Waals surface area contributed by atoms with Crippen molar-refractivity contribution in [3.63, 3.8) is 0 Å². The number of unbranched alkanes of at least 4 members (excludes halogenated alkanes) is 2. The lowest BCUT2D eigenvalue weighted by molar-refractivity contribution is -0.146. The maximum Gasteiger partial charge on any atom is 0.331 e. The molecule has 0 aromatic heterocycles. The van der Waals surface area contributed by atoms with Gasteiger partial charge in [-0.05, 0) is 31.4 Å². The molecule has 0 spiro atoms. The van der Waals surface area contributed by atoms with Crippen LogP contribution in [-0.2, 0) is 57.1 Å². The molecule has 2 aliphatic rings. The number of hydrogen-bond donors (Lipinski definition) is 2. The molecule has 2 N–H and O–H groups in total. The number of nitrogens with one attached hydrogen (secondary N) is 2. The molecule has 3 rings (SSSR count). The zero-order valence-electron chi connectivity index (χ0n) is 29.1. The largest absolute Gasteiger partial charge is 0.467 e. The van der Waals surface area contributed by atoms with Gasteiger partial charge in [-0.2, -0.15) is 0 Å². The Bertz CT molecular complexity index is 1290. The number of benzene rings is 1. The first-order chi connectivity index (χ1) is 24.8. The lowest BCUT2D eigenvalue weighted by Crippen LogP contribution is -2.54. The van der Waals surface area contributed by atoms with Crippen LogP contribution in [0, 0.1) is 0 Å². The number of esters is 1. The van der Waals surface area contributed by atoms with Crippen molar-refractivity contribution >= 4 is 41.2 Å². The van der Waals surface area contributed by atoms with Gasteiger partial charge in [-0.1, -0.05) is 12.5 Å². The normalized spacial score (nSPS) is 15.6. The second-order valence-corrected chi connectivity index (χ2v) is 11.3. The second kappa shape index (κ2) is 24.4. The fourth-order valence-electron chi connectivity index (χ4n) is 5.03.